The summed E-state index contributed by atoms with van der Waals surface area (Å²) in [5, 5.41) is 6.91. The van der Waals surface area contributed by atoms with Crippen LogP contribution in [-0.4, -0.2) is 6.21 Å². The van der Waals surface area contributed by atoms with Crippen LogP contribution in [0.25, 0.3) is 0 Å². The Labute approximate surface area is 68.7 Å². The molecule has 0 saturated heterocycles. The molecule has 1 heteroatoms. The highest BCUT2D eigenvalue weighted by molar-refractivity contribution is 5.52. The van der Waals surface area contributed by atoms with Gasteiger partial charge in [-0.1, -0.05) is 6.92 Å². The molecule has 0 aromatic carbocycles. The Bertz CT molecular complexity index is 176. The molecule has 11 heavy (non-hydrogen) atoms. The van der Waals surface area contributed by atoms with Crippen LogP contribution in [0.1, 0.15) is 39.0 Å². The molecule has 2 saturated carbocycles. The molecule has 2 aliphatic carbocycles. The third-order valence-corrected chi connectivity index (χ3v) is 3.93. The average molecular weight is 151 g/mol. The van der Waals surface area contributed by atoms with Crippen molar-refractivity contribution in [1.29, 1.82) is 5.41 Å². The van der Waals surface area contributed by atoms with Crippen molar-refractivity contribution in [2.24, 2.45) is 17.3 Å². The molecule has 0 aliphatic heterocycles. The summed E-state index contributed by atoms with van der Waals surface area (Å²) in [6.45, 7) is 2.44. The molecular formula is C10H17N. The first-order valence-corrected chi connectivity index (χ1v) is 4.78. The highest BCUT2D eigenvalue weighted by Crippen LogP contribution is 2.73. The zero-order valence-electron chi connectivity index (χ0n) is 7.27. The summed E-state index contributed by atoms with van der Waals surface area (Å²) in [5.41, 5.74) is 0.780. The van der Waals surface area contributed by atoms with Crippen molar-refractivity contribution in [3.63, 3.8) is 0 Å². The fourth-order valence-corrected chi connectivity index (χ4v) is 2.89. The summed E-state index contributed by atoms with van der Waals surface area (Å²) < 4.78 is 0. The van der Waals surface area contributed by atoms with Crippen LogP contribution in [0.2, 0.25) is 0 Å². The Balaban J connectivity index is 1.70. The second kappa shape index (κ2) is 2.33. The van der Waals surface area contributed by atoms with E-state index in [9.17, 15) is 0 Å². The van der Waals surface area contributed by atoms with Gasteiger partial charge >= 0.3 is 0 Å². The van der Waals surface area contributed by atoms with Gasteiger partial charge in [-0.15, -0.1) is 0 Å². The summed E-state index contributed by atoms with van der Waals surface area (Å²) >= 11 is 0. The van der Waals surface area contributed by atoms with Crippen molar-refractivity contribution in [2.45, 2.75) is 39.0 Å². The Morgan fingerprint density at radius 3 is 2.82 bits per heavy atom. The van der Waals surface area contributed by atoms with Gasteiger partial charge in [-0.2, -0.15) is 0 Å². The topological polar surface area (TPSA) is 23.9 Å². The average Bonchev–Trinajstić information content (AvgIpc) is 2.36. The third kappa shape index (κ3) is 0.935. The fourth-order valence-electron chi connectivity index (χ4n) is 2.89. The maximum atomic E-state index is 6.91. The lowest BCUT2D eigenvalue weighted by molar-refractivity contribution is 0.319. The summed E-state index contributed by atoms with van der Waals surface area (Å²) in [5.74, 6) is 2.13. The van der Waals surface area contributed by atoms with Crippen molar-refractivity contribution in [3.8, 4) is 0 Å². The fraction of sp³-hybridized carbons (Fsp3) is 0.900. The van der Waals surface area contributed by atoms with Gasteiger partial charge in [0, 0.05) is 0 Å². The molecule has 1 nitrogen and oxygen atoms in total. The summed E-state index contributed by atoms with van der Waals surface area (Å²) in [4.78, 5) is 0. The first kappa shape index (κ1) is 7.33. The molecular weight excluding hydrogens is 134 g/mol. The van der Waals surface area contributed by atoms with Crippen LogP contribution in [0.4, 0.5) is 0 Å². The number of nitrogens with one attached hydrogen (secondary N) is 1. The largest absolute Gasteiger partial charge is 0.313 e. The van der Waals surface area contributed by atoms with Crippen molar-refractivity contribution in [2.75, 3.05) is 0 Å². The first-order chi connectivity index (χ1) is 5.29. The lowest BCUT2D eigenvalue weighted by Crippen LogP contribution is -2.08. The third-order valence-electron chi connectivity index (χ3n) is 3.93. The highest BCUT2D eigenvalue weighted by Gasteiger charge is 2.65. The van der Waals surface area contributed by atoms with Crippen LogP contribution in [0.3, 0.4) is 0 Å². The molecule has 3 unspecified atom stereocenters. The normalized spacial score (nSPS) is 45.9. The van der Waals surface area contributed by atoms with Gasteiger partial charge in [0.1, 0.15) is 0 Å². The van der Waals surface area contributed by atoms with E-state index in [1.54, 1.807) is 6.21 Å². The quantitative estimate of drug-likeness (QED) is 0.472. The Kier molecular flexibility index (Phi) is 1.55. The highest BCUT2D eigenvalue weighted by atomic mass is 14.7. The molecule has 0 aromatic heterocycles. The van der Waals surface area contributed by atoms with Gasteiger partial charge < -0.3 is 5.41 Å². The van der Waals surface area contributed by atoms with Crippen LogP contribution in [0, 0.1) is 22.7 Å². The number of hydrogen-bond donors (Lipinski definition) is 1. The Morgan fingerprint density at radius 2 is 2.36 bits per heavy atom. The van der Waals surface area contributed by atoms with Crippen molar-refractivity contribution < 1.29 is 0 Å². The van der Waals surface area contributed by atoms with E-state index >= 15 is 0 Å². The maximum absolute atomic E-state index is 6.91. The van der Waals surface area contributed by atoms with Gasteiger partial charge in [-0.3, -0.25) is 0 Å². The van der Waals surface area contributed by atoms with Gasteiger partial charge in [-0.05, 0) is 55.6 Å². The van der Waals surface area contributed by atoms with Crippen molar-refractivity contribution >= 4 is 6.21 Å². The van der Waals surface area contributed by atoms with E-state index in [1.165, 1.54) is 25.7 Å². The molecule has 0 aromatic rings. The molecule has 0 radical (unpaired) electrons. The maximum Gasteiger partial charge on any atom is -0.00477 e. The van der Waals surface area contributed by atoms with Gasteiger partial charge in [0.05, 0.1) is 0 Å². The molecule has 0 spiro atoms. The second-order valence-electron chi connectivity index (χ2n) is 4.39. The predicted molar refractivity (Wildman–Crippen MR) is 47.0 cm³/mol. The lowest BCUT2D eigenvalue weighted by atomic mass is 9.86. The minimum Gasteiger partial charge on any atom is -0.313 e. The van der Waals surface area contributed by atoms with E-state index in [2.05, 4.69) is 6.92 Å². The van der Waals surface area contributed by atoms with E-state index in [0.717, 1.165) is 23.7 Å². The first-order valence-electron chi connectivity index (χ1n) is 4.78. The van der Waals surface area contributed by atoms with Crippen LogP contribution in [-0.2, 0) is 0 Å². The van der Waals surface area contributed by atoms with Crippen LogP contribution >= 0.6 is 0 Å². The van der Waals surface area contributed by atoms with Gasteiger partial charge in [0.2, 0.25) is 0 Å². The smallest absolute Gasteiger partial charge is 0.00477 e. The predicted octanol–water partition coefficient (Wildman–Crippen LogP) is 2.85. The molecule has 0 bridgehead atoms. The number of rotatable bonds is 4. The van der Waals surface area contributed by atoms with Crippen LogP contribution in [0.5, 0.6) is 0 Å². The monoisotopic (exact) mass is 151 g/mol. The molecule has 2 rings (SSSR count). The Morgan fingerprint density at radius 1 is 1.64 bits per heavy atom. The van der Waals surface area contributed by atoms with Gasteiger partial charge in [-0.25, -0.2) is 0 Å². The Hall–Kier alpha value is -0.330. The summed E-state index contributed by atoms with van der Waals surface area (Å²) in [6, 6.07) is 0. The van der Waals surface area contributed by atoms with E-state index in [-0.39, 0.29) is 0 Å². The lowest BCUT2D eigenvalue weighted by Gasteiger charge is -2.18. The zero-order valence-corrected chi connectivity index (χ0v) is 7.27. The molecule has 0 amide bonds. The molecule has 2 aliphatic rings. The van der Waals surface area contributed by atoms with E-state index in [1.807, 2.05) is 0 Å². The minimum absolute atomic E-state index is 0.780. The van der Waals surface area contributed by atoms with Crippen LogP contribution < -0.4 is 0 Å². The second-order valence-corrected chi connectivity index (χ2v) is 4.39. The molecule has 3 atom stereocenters. The van der Waals surface area contributed by atoms with E-state index in [4.69, 9.17) is 5.41 Å². The molecule has 0 heterocycles. The van der Waals surface area contributed by atoms with Crippen LogP contribution in [0.15, 0.2) is 0 Å². The number of unbranched alkanes of at least 4 members (excludes halogenated alkanes) is 1. The van der Waals surface area contributed by atoms with Crippen molar-refractivity contribution in [3.05, 3.63) is 0 Å². The van der Waals surface area contributed by atoms with E-state index in [0.29, 0.717) is 0 Å². The summed E-state index contributed by atoms with van der Waals surface area (Å²) in [6.07, 6.45) is 8.15. The van der Waals surface area contributed by atoms with Gasteiger partial charge in [0.15, 0.2) is 0 Å². The van der Waals surface area contributed by atoms with Gasteiger partial charge in [0.25, 0.3) is 0 Å². The molecule has 1 N–H and O–H groups in total. The SMILES string of the molecule is CC12CCC1C2CCCC=N. The zero-order chi connectivity index (χ0) is 7.90. The molecule has 2 fully saturated rings. The van der Waals surface area contributed by atoms with Crippen molar-refractivity contribution in [1.82, 2.24) is 0 Å². The standard InChI is InChI=1S/C10H17N/c1-10-6-5-9(10)8(10)4-2-3-7-11/h7-9,11H,2-6H2,1H3. The minimum atomic E-state index is 0.780. The number of hydrogen-bond acceptors (Lipinski definition) is 1. The number of fused-ring (bicyclic) bond motifs is 1. The van der Waals surface area contributed by atoms with E-state index < -0.39 is 0 Å². The molecule has 62 valence electrons. The summed E-state index contributed by atoms with van der Waals surface area (Å²) in [7, 11) is 0.